The molecule has 1 aliphatic rings. The topological polar surface area (TPSA) is 110 Å². The lowest BCUT2D eigenvalue weighted by Gasteiger charge is -2.25. The number of nitrogens with zero attached hydrogens (tertiary/aromatic N) is 2. The summed E-state index contributed by atoms with van der Waals surface area (Å²) in [7, 11) is -3.50. The van der Waals surface area contributed by atoms with Gasteiger partial charge >= 0.3 is 5.69 Å². The predicted molar refractivity (Wildman–Crippen MR) is 109 cm³/mol. The van der Waals surface area contributed by atoms with Gasteiger partial charge < -0.3 is 5.32 Å². The van der Waals surface area contributed by atoms with Gasteiger partial charge in [-0.2, -0.15) is 8.70 Å². The molecule has 0 spiro atoms. The zero-order valence-electron chi connectivity index (χ0n) is 16.2. The van der Waals surface area contributed by atoms with Crippen LogP contribution in [-0.2, 0) is 21.2 Å². The number of nitro benzene ring substituents is 1. The number of hydrogen-bond donors (Lipinski definition) is 1. The van der Waals surface area contributed by atoms with Crippen molar-refractivity contribution >= 4 is 27.3 Å². The van der Waals surface area contributed by atoms with Crippen molar-refractivity contribution in [1.82, 2.24) is 4.31 Å². The highest BCUT2D eigenvalue weighted by Crippen LogP contribution is 2.23. The molecule has 2 aromatic carbocycles. The van der Waals surface area contributed by atoms with E-state index in [2.05, 4.69) is 5.32 Å². The second-order valence-electron chi connectivity index (χ2n) is 7.08. The molecule has 0 aliphatic carbocycles. The van der Waals surface area contributed by atoms with Gasteiger partial charge in [-0.15, -0.1) is 0 Å². The number of sulfonamides is 1. The van der Waals surface area contributed by atoms with Crippen LogP contribution < -0.4 is 5.32 Å². The highest BCUT2D eigenvalue weighted by Gasteiger charge is 2.25. The first-order chi connectivity index (χ1) is 14.3. The number of nitrogens with one attached hydrogen (secondary N) is 1. The maximum absolute atomic E-state index is 13.4. The molecule has 1 heterocycles. The molecule has 0 unspecified atom stereocenters. The third-order valence-electron chi connectivity index (χ3n) is 4.94. The Labute approximate surface area is 173 Å². The molecule has 0 saturated carbocycles. The van der Waals surface area contributed by atoms with E-state index in [1.165, 1.54) is 10.4 Å². The summed E-state index contributed by atoms with van der Waals surface area (Å²) in [6.45, 7) is 1.07. The van der Waals surface area contributed by atoms with Gasteiger partial charge in [-0.3, -0.25) is 14.9 Å². The summed E-state index contributed by atoms with van der Waals surface area (Å²) in [6.07, 6.45) is 3.22. The maximum atomic E-state index is 13.4. The van der Waals surface area contributed by atoms with Crippen LogP contribution in [0.1, 0.15) is 31.2 Å². The number of benzene rings is 2. The van der Waals surface area contributed by atoms with Crippen molar-refractivity contribution in [2.24, 2.45) is 0 Å². The molecule has 1 aliphatic heterocycles. The Kier molecular flexibility index (Phi) is 6.78. The fourth-order valence-electron chi connectivity index (χ4n) is 3.29. The van der Waals surface area contributed by atoms with Gasteiger partial charge in [-0.1, -0.05) is 18.6 Å². The molecule has 2 aromatic rings. The Morgan fingerprint density at radius 3 is 2.40 bits per heavy atom. The van der Waals surface area contributed by atoms with E-state index in [-0.39, 0.29) is 22.9 Å². The molecule has 0 aromatic heterocycles. The minimum absolute atomic E-state index is 0.0867. The Morgan fingerprint density at radius 2 is 1.77 bits per heavy atom. The van der Waals surface area contributed by atoms with Crippen molar-refractivity contribution in [2.75, 3.05) is 18.4 Å². The number of halogens is 1. The number of nitro groups is 1. The third-order valence-corrected chi connectivity index (χ3v) is 6.86. The second kappa shape index (κ2) is 9.31. The van der Waals surface area contributed by atoms with Crippen LogP contribution in [0.3, 0.4) is 0 Å². The van der Waals surface area contributed by atoms with Crippen molar-refractivity contribution in [2.45, 2.75) is 37.0 Å². The number of carbonyl (C=O) groups is 1. The fourth-order valence-corrected chi connectivity index (χ4v) is 4.81. The first-order valence-corrected chi connectivity index (χ1v) is 11.0. The van der Waals surface area contributed by atoms with Gasteiger partial charge in [0.05, 0.1) is 9.82 Å². The van der Waals surface area contributed by atoms with Crippen molar-refractivity contribution in [3.8, 4) is 0 Å². The smallest absolute Gasteiger partial charge is 0.306 e. The van der Waals surface area contributed by atoms with Crippen molar-refractivity contribution < 1.29 is 22.5 Å². The minimum Gasteiger partial charge on any atom is -0.326 e. The SMILES string of the molecule is O=C(CCc1ccc(S(=O)(=O)N2CCCCC2)cc1)Nc1ccc(F)c([N+](=O)[O-])c1. The molecule has 10 heteroatoms. The van der Waals surface area contributed by atoms with Crippen molar-refractivity contribution in [3.05, 3.63) is 64.0 Å². The van der Waals surface area contributed by atoms with Crippen LogP contribution >= 0.6 is 0 Å². The zero-order valence-corrected chi connectivity index (χ0v) is 17.0. The van der Waals surface area contributed by atoms with E-state index in [0.29, 0.717) is 19.5 Å². The Morgan fingerprint density at radius 1 is 1.10 bits per heavy atom. The summed E-state index contributed by atoms with van der Waals surface area (Å²) in [5.41, 5.74) is 0.210. The number of aryl methyl sites for hydroxylation is 1. The lowest BCUT2D eigenvalue weighted by molar-refractivity contribution is -0.387. The summed E-state index contributed by atoms with van der Waals surface area (Å²) < 4.78 is 40.2. The van der Waals surface area contributed by atoms with Gasteiger partial charge in [-0.05, 0) is 49.1 Å². The van der Waals surface area contributed by atoms with Crippen LogP contribution in [0.2, 0.25) is 0 Å². The summed E-state index contributed by atoms with van der Waals surface area (Å²) in [5.74, 6) is -1.36. The Balaban J connectivity index is 1.58. The van der Waals surface area contributed by atoms with E-state index in [1.807, 2.05) is 0 Å². The summed E-state index contributed by atoms with van der Waals surface area (Å²) in [6, 6.07) is 9.57. The predicted octanol–water partition coefficient (Wildman–Crippen LogP) is 3.48. The molecular formula is C20H22FN3O5S. The van der Waals surface area contributed by atoms with Gasteiger partial charge in [0.2, 0.25) is 21.7 Å². The Bertz CT molecular complexity index is 1030. The van der Waals surface area contributed by atoms with E-state index in [4.69, 9.17) is 0 Å². The van der Waals surface area contributed by atoms with E-state index >= 15 is 0 Å². The number of carbonyl (C=O) groups excluding carboxylic acids is 1. The molecule has 1 fully saturated rings. The van der Waals surface area contributed by atoms with Crippen LogP contribution in [0, 0.1) is 15.9 Å². The van der Waals surface area contributed by atoms with Gasteiger partial charge in [0.25, 0.3) is 0 Å². The van der Waals surface area contributed by atoms with Crippen LogP contribution in [0.5, 0.6) is 0 Å². The molecule has 0 radical (unpaired) electrons. The van der Waals surface area contributed by atoms with E-state index < -0.39 is 26.5 Å². The van der Waals surface area contributed by atoms with Gasteiger partial charge in [-0.25, -0.2) is 8.42 Å². The highest BCUT2D eigenvalue weighted by atomic mass is 32.2. The molecule has 1 N–H and O–H groups in total. The van der Waals surface area contributed by atoms with Crippen LogP contribution in [0.4, 0.5) is 15.8 Å². The van der Waals surface area contributed by atoms with Gasteiger partial charge in [0.15, 0.2) is 0 Å². The molecule has 1 amide bonds. The number of piperidine rings is 1. The molecule has 8 nitrogen and oxygen atoms in total. The molecule has 160 valence electrons. The second-order valence-corrected chi connectivity index (χ2v) is 9.02. The summed E-state index contributed by atoms with van der Waals surface area (Å²) in [5, 5.41) is 13.3. The van der Waals surface area contributed by atoms with Gasteiger partial charge in [0.1, 0.15) is 0 Å². The number of amides is 1. The number of anilines is 1. The monoisotopic (exact) mass is 435 g/mol. The highest BCUT2D eigenvalue weighted by molar-refractivity contribution is 7.89. The van der Waals surface area contributed by atoms with Crippen molar-refractivity contribution in [3.63, 3.8) is 0 Å². The summed E-state index contributed by atoms with van der Waals surface area (Å²) in [4.78, 5) is 22.3. The molecule has 0 atom stereocenters. The quantitative estimate of drug-likeness (QED) is 0.529. The molecule has 1 saturated heterocycles. The molecular weight excluding hydrogens is 413 g/mol. The zero-order chi connectivity index (χ0) is 21.7. The minimum atomic E-state index is -3.50. The van der Waals surface area contributed by atoms with E-state index in [9.17, 15) is 27.7 Å². The maximum Gasteiger partial charge on any atom is 0.306 e. The summed E-state index contributed by atoms with van der Waals surface area (Å²) >= 11 is 0. The molecule has 30 heavy (non-hydrogen) atoms. The first-order valence-electron chi connectivity index (χ1n) is 9.60. The fraction of sp³-hybridized carbons (Fsp3) is 0.350. The van der Waals surface area contributed by atoms with E-state index in [0.717, 1.165) is 37.0 Å². The first kappa shape index (κ1) is 21.8. The Hall–Kier alpha value is -2.85. The molecule has 0 bridgehead atoms. The van der Waals surface area contributed by atoms with Crippen LogP contribution in [0.15, 0.2) is 47.4 Å². The average Bonchev–Trinajstić information content (AvgIpc) is 2.74. The third kappa shape index (κ3) is 5.19. The van der Waals surface area contributed by atoms with Crippen LogP contribution in [0.25, 0.3) is 0 Å². The van der Waals surface area contributed by atoms with E-state index in [1.54, 1.807) is 24.3 Å². The normalized spacial score (nSPS) is 15.0. The number of rotatable bonds is 7. The van der Waals surface area contributed by atoms with Crippen molar-refractivity contribution in [1.29, 1.82) is 0 Å². The lowest BCUT2D eigenvalue weighted by Crippen LogP contribution is -2.35. The average molecular weight is 435 g/mol. The molecule has 3 rings (SSSR count). The van der Waals surface area contributed by atoms with Crippen LogP contribution in [-0.4, -0.2) is 36.6 Å². The largest absolute Gasteiger partial charge is 0.326 e. The van der Waals surface area contributed by atoms with Gasteiger partial charge in [0, 0.05) is 31.3 Å². The standard InChI is InChI=1S/C20H22FN3O5S/c21-18-10-7-16(14-19(18)24(26)27)22-20(25)11-6-15-4-8-17(9-5-15)30(28,29)23-12-2-1-3-13-23/h4-5,7-10,14H,1-3,6,11-13H2,(H,22,25). The number of hydrogen-bond acceptors (Lipinski definition) is 5. The lowest BCUT2D eigenvalue weighted by atomic mass is 10.1.